The second-order valence-corrected chi connectivity index (χ2v) is 4.85. The number of carboxylic acid groups (broad SMARTS) is 1. The fourth-order valence-electron chi connectivity index (χ4n) is 2.88. The number of rotatable bonds is 2. The molecule has 2 atom stereocenters. The van der Waals surface area contributed by atoms with Crippen LogP contribution in [0.5, 0.6) is 0 Å². The Morgan fingerprint density at radius 3 is 2.06 bits per heavy atom. The zero-order valence-electron chi connectivity index (χ0n) is 9.48. The Balaban J connectivity index is 2.04. The summed E-state index contributed by atoms with van der Waals surface area (Å²) < 4.78 is 0. The second kappa shape index (κ2) is 4.85. The van der Waals surface area contributed by atoms with Crippen LogP contribution in [0, 0.1) is 11.8 Å². The third-order valence-corrected chi connectivity index (χ3v) is 3.80. The van der Waals surface area contributed by atoms with Gasteiger partial charge in [0.2, 0.25) is 5.91 Å². The van der Waals surface area contributed by atoms with E-state index in [2.05, 4.69) is 0 Å². The van der Waals surface area contributed by atoms with Crippen molar-refractivity contribution in [3.63, 3.8) is 0 Å². The van der Waals surface area contributed by atoms with E-state index in [0.717, 1.165) is 38.8 Å². The molecule has 0 aromatic carbocycles. The smallest absolute Gasteiger partial charge is 0.226 e. The SMILES string of the molecule is O=C([O-])[C@@H]1CCCC[C@@H]1C(=O)N1CCCC1. The molecule has 0 unspecified atom stereocenters. The van der Waals surface area contributed by atoms with E-state index in [-0.39, 0.29) is 11.8 Å². The Bertz CT molecular complexity index is 284. The molecule has 0 bridgehead atoms. The number of nitrogens with zero attached hydrogens (tertiary/aromatic N) is 1. The minimum absolute atomic E-state index is 0.0476. The van der Waals surface area contributed by atoms with Crippen LogP contribution in [0.25, 0.3) is 0 Å². The van der Waals surface area contributed by atoms with Gasteiger partial charge in [0.1, 0.15) is 0 Å². The van der Waals surface area contributed by atoms with Gasteiger partial charge in [-0.15, -0.1) is 0 Å². The Kier molecular flexibility index (Phi) is 3.46. The van der Waals surface area contributed by atoms with Gasteiger partial charge in [0.05, 0.1) is 0 Å². The molecule has 0 N–H and O–H groups in total. The average molecular weight is 224 g/mol. The van der Waals surface area contributed by atoms with Gasteiger partial charge in [0.25, 0.3) is 0 Å². The molecule has 1 aliphatic carbocycles. The van der Waals surface area contributed by atoms with E-state index in [1.807, 2.05) is 4.90 Å². The number of amides is 1. The van der Waals surface area contributed by atoms with Crippen molar-refractivity contribution in [2.24, 2.45) is 11.8 Å². The van der Waals surface area contributed by atoms with Gasteiger partial charge in [0, 0.05) is 30.9 Å². The van der Waals surface area contributed by atoms with Crippen LogP contribution < -0.4 is 5.11 Å². The summed E-state index contributed by atoms with van der Waals surface area (Å²) in [5.74, 6) is -1.87. The van der Waals surface area contributed by atoms with Gasteiger partial charge in [-0.05, 0) is 25.7 Å². The highest BCUT2D eigenvalue weighted by Crippen LogP contribution is 2.31. The summed E-state index contributed by atoms with van der Waals surface area (Å²) in [7, 11) is 0. The van der Waals surface area contributed by atoms with Crippen molar-refractivity contribution in [3.05, 3.63) is 0 Å². The molecule has 4 nitrogen and oxygen atoms in total. The first-order chi connectivity index (χ1) is 7.70. The number of hydrogen-bond donors (Lipinski definition) is 0. The van der Waals surface area contributed by atoms with Gasteiger partial charge in [-0.1, -0.05) is 12.8 Å². The molecule has 0 aromatic heterocycles. The van der Waals surface area contributed by atoms with Gasteiger partial charge in [-0.3, -0.25) is 4.79 Å². The summed E-state index contributed by atoms with van der Waals surface area (Å²) in [6.07, 6.45) is 5.29. The summed E-state index contributed by atoms with van der Waals surface area (Å²) >= 11 is 0. The molecule has 16 heavy (non-hydrogen) atoms. The Morgan fingerprint density at radius 2 is 1.50 bits per heavy atom. The number of carboxylic acids is 1. The maximum atomic E-state index is 12.2. The van der Waals surface area contributed by atoms with Crippen molar-refractivity contribution in [2.75, 3.05) is 13.1 Å². The topological polar surface area (TPSA) is 60.4 Å². The van der Waals surface area contributed by atoms with Crippen molar-refractivity contribution < 1.29 is 14.7 Å². The van der Waals surface area contributed by atoms with Gasteiger partial charge in [-0.2, -0.15) is 0 Å². The molecule has 1 saturated heterocycles. The highest BCUT2D eigenvalue weighted by molar-refractivity contribution is 5.84. The van der Waals surface area contributed by atoms with E-state index in [4.69, 9.17) is 0 Å². The average Bonchev–Trinajstić information content (AvgIpc) is 2.81. The number of hydrogen-bond acceptors (Lipinski definition) is 3. The highest BCUT2D eigenvalue weighted by atomic mass is 16.4. The van der Waals surface area contributed by atoms with Crippen LogP contribution in [0.1, 0.15) is 38.5 Å². The molecular weight excluding hydrogens is 206 g/mol. The van der Waals surface area contributed by atoms with E-state index in [1.54, 1.807) is 0 Å². The first-order valence-corrected chi connectivity index (χ1v) is 6.20. The first-order valence-electron chi connectivity index (χ1n) is 6.20. The maximum absolute atomic E-state index is 12.2. The number of carbonyl (C=O) groups excluding carboxylic acids is 2. The normalized spacial score (nSPS) is 30.4. The number of carbonyl (C=O) groups is 2. The molecule has 1 aliphatic heterocycles. The zero-order valence-corrected chi connectivity index (χ0v) is 9.48. The predicted molar refractivity (Wildman–Crippen MR) is 56.3 cm³/mol. The summed E-state index contributed by atoms with van der Waals surface area (Å²) in [5.41, 5.74) is 0. The summed E-state index contributed by atoms with van der Waals surface area (Å²) in [6, 6.07) is 0. The molecule has 1 amide bonds. The third kappa shape index (κ3) is 2.20. The Hall–Kier alpha value is -1.06. The number of aliphatic carboxylic acids is 1. The van der Waals surface area contributed by atoms with Crippen molar-refractivity contribution in [2.45, 2.75) is 38.5 Å². The Labute approximate surface area is 95.6 Å². The summed E-state index contributed by atoms with van der Waals surface area (Å²) in [6.45, 7) is 1.60. The van der Waals surface area contributed by atoms with Crippen LogP contribution in [0.3, 0.4) is 0 Å². The lowest BCUT2D eigenvalue weighted by molar-refractivity contribution is -0.314. The molecular formula is C12H18NO3-. The van der Waals surface area contributed by atoms with Crippen LogP contribution in [-0.2, 0) is 9.59 Å². The molecule has 0 radical (unpaired) electrons. The fourth-order valence-corrected chi connectivity index (χ4v) is 2.88. The predicted octanol–water partition coefficient (Wildman–Crippen LogP) is 0.165. The molecule has 0 spiro atoms. The van der Waals surface area contributed by atoms with Crippen molar-refractivity contribution in [1.82, 2.24) is 4.90 Å². The third-order valence-electron chi connectivity index (χ3n) is 3.80. The van der Waals surface area contributed by atoms with Gasteiger partial charge < -0.3 is 14.8 Å². The monoisotopic (exact) mass is 224 g/mol. The van der Waals surface area contributed by atoms with Gasteiger partial charge in [0.15, 0.2) is 0 Å². The van der Waals surface area contributed by atoms with E-state index in [9.17, 15) is 14.7 Å². The highest BCUT2D eigenvalue weighted by Gasteiger charge is 2.35. The van der Waals surface area contributed by atoms with Crippen LogP contribution in [0.4, 0.5) is 0 Å². The largest absolute Gasteiger partial charge is 0.550 e. The van der Waals surface area contributed by atoms with Crippen molar-refractivity contribution >= 4 is 11.9 Å². The minimum Gasteiger partial charge on any atom is -0.550 e. The molecule has 1 heterocycles. The van der Waals surface area contributed by atoms with Crippen LogP contribution in [0.15, 0.2) is 0 Å². The van der Waals surface area contributed by atoms with Crippen molar-refractivity contribution in [3.8, 4) is 0 Å². The van der Waals surface area contributed by atoms with Crippen LogP contribution >= 0.6 is 0 Å². The van der Waals surface area contributed by atoms with E-state index in [1.165, 1.54) is 0 Å². The van der Waals surface area contributed by atoms with Gasteiger partial charge >= 0.3 is 0 Å². The van der Waals surface area contributed by atoms with Crippen LogP contribution in [-0.4, -0.2) is 29.9 Å². The van der Waals surface area contributed by atoms with Gasteiger partial charge in [-0.25, -0.2) is 0 Å². The molecule has 2 aliphatic rings. The van der Waals surface area contributed by atoms with Crippen LogP contribution in [0.2, 0.25) is 0 Å². The molecule has 2 fully saturated rings. The summed E-state index contributed by atoms with van der Waals surface area (Å²) in [4.78, 5) is 25.0. The second-order valence-electron chi connectivity index (χ2n) is 4.85. The quantitative estimate of drug-likeness (QED) is 0.671. The van der Waals surface area contributed by atoms with E-state index < -0.39 is 11.9 Å². The van der Waals surface area contributed by atoms with E-state index >= 15 is 0 Å². The standard InChI is InChI=1S/C12H19NO3/c14-11(13-7-3-4-8-13)9-5-1-2-6-10(9)12(15)16/h9-10H,1-8H2,(H,15,16)/p-1/t9-,10+/m0/s1. The minimum atomic E-state index is -1.04. The molecule has 0 aromatic rings. The lowest BCUT2D eigenvalue weighted by Crippen LogP contribution is -2.45. The lowest BCUT2D eigenvalue weighted by atomic mass is 9.78. The lowest BCUT2D eigenvalue weighted by Gasteiger charge is -2.33. The summed E-state index contributed by atoms with van der Waals surface area (Å²) in [5, 5.41) is 11.0. The molecule has 90 valence electrons. The fraction of sp³-hybridized carbons (Fsp3) is 0.833. The first kappa shape index (κ1) is 11.4. The zero-order chi connectivity index (χ0) is 11.5. The van der Waals surface area contributed by atoms with E-state index in [0.29, 0.717) is 12.8 Å². The van der Waals surface area contributed by atoms with Crippen molar-refractivity contribution in [1.29, 1.82) is 0 Å². The molecule has 2 rings (SSSR count). The molecule has 4 heteroatoms. The number of likely N-dealkylation sites (tertiary alicyclic amines) is 1. The molecule has 1 saturated carbocycles. The Morgan fingerprint density at radius 1 is 0.938 bits per heavy atom. The maximum Gasteiger partial charge on any atom is 0.226 e.